The molecule has 0 atom stereocenters. The fourth-order valence-electron chi connectivity index (χ4n) is 1.61. The molecule has 2 aromatic rings. The van der Waals surface area contributed by atoms with Crippen molar-refractivity contribution in [3.05, 3.63) is 58.6 Å². The Bertz CT molecular complexity index is 587. The van der Waals surface area contributed by atoms with Crippen LogP contribution < -0.4 is 15.2 Å². The fourth-order valence-corrected chi connectivity index (χ4v) is 1.61. The minimum atomic E-state index is -0.501. The molecule has 0 radical (unpaired) electrons. The Hall–Kier alpha value is -2.76. The summed E-state index contributed by atoms with van der Waals surface area (Å²) >= 11 is 0. The van der Waals surface area contributed by atoms with E-state index in [4.69, 9.17) is 15.2 Å². The second-order valence-corrected chi connectivity index (χ2v) is 3.99. The first-order chi connectivity index (χ1) is 9.66. The summed E-state index contributed by atoms with van der Waals surface area (Å²) in [6.07, 6.45) is 0. The zero-order chi connectivity index (χ0) is 14.4. The van der Waals surface area contributed by atoms with Crippen LogP contribution in [0.2, 0.25) is 0 Å². The van der Waals surface area contributed by atoms with Crippen LogP contribution in [-0.4, -0.2) is 18.1 Å². The predicted octanol–water partition coefficient (Wildman–Crippen LogP) is 2.63. The van der Waals surface area contributed by atoms with Gasteiger partial charge in [-0.1, -0.05) is 18.2 Å². The molecule has 0 aliphatic carbocycles. The lowest BCUT2D eigenvalue weighted by Crippen LogP contribution is -2.10. The van der Waals surface area contributed by atoms with Crippen molar-refractivity contribution < 1.29 is 14.4 Å². The molecule has 6 nitrogen and oxygen atoms in total. The highest BCUT2D eigenvalue weighted by Crippen LogP contribution is 2.26. The molecule has 104 valence electrons. The fraction of sp³-hybridized carbons (Fsp3) is 0.143. The molecule has 20 heavy (non-hydrogen) atoms. The monoisotopic (exact) mass is 274 g/mol. The lowest BCUT2D eigenvalue weighted by molar-refractivity contribution is -0.384. The first-order valence-corrected chi connectivity index (χ1v) is 6.01. The molecule has 0 amide bonds. The number of hydrogen-bond donors (Lipinski definition) is 1. The highest BCUT2D eigenvalue weighted by atomic mass is 16.6. The number of non-ortho nitro benzene ring substituents is 1. The average molecular weight is 274 g/mol. The standard InChI is InChI=1S/C14H14N2O4/c15-13-10-11(16(17)18)6-7-14(13)20-9-8-19-12-4-2-1-3-5-12/h1-7,10H,8-9,15H2. The van der Waals surface area contributed by atoms with E-state index in [0.29, 0.717) is 19.0 Å². The Morgan fingerprint density at radius 2 is 1.75 bits per heavy atom. The summed E-state index contributed by atoms with van der Waals surface area (Å²) in [5, 5.41) is 10.6. The number of ether oxygens (including phenoxy) is 2. The summed E-state index contributed by atoms with van der Waals surface area (Å²) in [5.41, 5.74) is 5.86. The second-order valence-electron chi connectivity index (χ2n) is 3.99. The van der Waals surface area contributed by atoms with Gasteiger partial charge in [-0.3, -0.25) is 10.1 Å². The maximum atomic E-state index is 10.6. The molecular weight excluding hydrogens is 260 g/mol. The number of nitrogens with zero attached hydrogens (tertiary/aromatic N) is 1. The molecule has 0 spiro atoms. The van der Waals surface area contributed by atoms with Crippen molar-refractivity contribution in [2.75, 3.05) is 18.9 Å². The Balaban J connectivity index is 1.84. The van der Waals surface area contributed by atoms with E-state index in [9.17, 15) is 10.1 Å². The van der Waals surface area contributed by atoms with Gasteiger partial charge in [0.05, 0.1) is 10.6 Å². The molecule has 0 aromatic heterocycles. The van der Waals surface area contributed by atoms with E-state index < -0.39 is 4.92 Å². The van der Waals surface area contributed by atoms with Crippen molar-refractivity contribution in [3.8, 4) is 11.5 Å². The van der Waals surface area contributed by atoms with Crippen molar-refractivity contribution in [2.45, 2.75) is 0 Å². The summed E-state index contributed by atoms with van der Waals surface area (Å²) in [4.78, 5) is 10.1. The van der Waals surface area contributed by atoms with Gasteiger partial charge in [-0.25, -0.2) is 0 Å². The van der Waals surface area contributed by atoms with Crippen LogP contribution >= 0.6 is 0 Å². The smallest absolute Gasteiger partial charge is 0.271 e. The molecule has 2 rings (SSSR count). The largest absolute Gasteiger partial charge is 0.490 e. The van der Waals surface area contributed by atoms with Crippen LogP contribution in [0.4, 0.5) is 11.4 Å². The average Bonchev–Trinajstić information content (AvgIpc) is 2.46. The topological polar surface area (TPSA) is 87.6 Å². The SMILES string of the molecule is Nc1cc([N+](=O)[O-])ccc1OCCOc1ccccc1. The van der Waals surface area contributed by atoms with E-state index in [2.05, 4.69) is 0 Å². The Morgan fingerprint density at radius 1 is 1.05 bits per heavy atom. The molecule has 0 aliphatic rings. The Kier molecular flexibility index (Phi) is 4.39. The number of nitro groups is 1. The molecule has 0 bridgehead atoms. The van der Waals surface area contributed by atoms with Crippen molar-refractivity contribution in [2.24, 2.45) is 0 Å². The predicted molar refractivity (Wildman–Crippen MR) is 74.9 cm³/mol. The Labute approximate surface area is 115 Å². The summed E-state index contributed by atoms with van der Waals surface area (Å²) in [6.45, 7) is 0.664. The number of rotatable bonds is 6. The van der Waals surface area contributed by atoms with Gasteiger partial charge in [-0.05, 0) is 18.2 Å². The van der Waals surface area contributed by atoms with Crippen molar-refractivity contribution >= 4 is 11.4 Å². The molecule has 2 N–H and O–H groups in total. The maximum absolute atomic E-state index is 10.6. The molecule has 6 heteroatoms. The summed E-state index contributed by atoms with van der Waals surface area (Å²) < 4.78 is 10.9. The molecule has 0 saturated heterocycles. The third-order valence-corrected chi connectivity index (χ3v) is 2.56. The third kappa shape index (κ3) is 3.61. The quantitative estimate of drug-likeness (QED) is 0.378. The normalized spacial score (nSPS) is 10.0. The highest BCUT2D eigenvalue weighted by molar-refractivity contribution is 5.58. The number of nitro benzene ring substituents is 1. The van der Waals surface area contributed by atoms with E-state index in [1.165, 1.54) is 18.2 Å². The summed E-state index contributed by atoms with van der Waals surface area (Å²) in [5.74, 6) is 1.17. The van der Waals surface area contributed by atoms with Crippen LogP contribution in [-0.2, 0) is 0 Å². The number of hydrogen-bond acceptors (Lipinski definition) is 5. The molecular formula is C14H14N2O4. The second kappa shape index (κ2) is 6.42. The maximum Gasteiger partial charge on any atom is 0.271 e. The highest BCUT2D eigenvalue weighted by Gasteiger charge is 2.09. The van der Waals surface area contributed by atoms with Crippen LogP contribution in [0.1, 0.15) is 0 Å². The first-order valence-electron chi connectivity index (χ1n) is 6.01. The summed E-state index contributed by atoms with van der Waals surface area (Å²) in [6, 6.07) is 13.5. The number of anilines is 1. The van der Waals surface area contributed by atoms with Crippen molar-refractivity contribution in [1.29, 1.82) is 0 Å². The van der Waals surface area contributed by atoms with Gasteiger partial charge in [-0.15, -0.1) is 0 Å². The number of nitrogens with two attached hydrogens (primary N) is 1. The number of nitrogen functional groups attached to an aromatic ring is 1. The van der Waals surface area contributed by atoms with Gasteiger partial charge in [0.2, 0.25) is 0 Å². The lowest BCUT2D eigenvalue weighted by Gasteiger charge is -2.09. The van der Waals surface area contributed by atoms with E-state index in [1.54, 1.807) is 0 Å². The Morgan fingerprint density at radius 3 is 2.40 bits per heavy atom. The van der Waals surface area contributed by atoms with Crippen molar-refractivity contribution in [1.82, 2.24) is 0 Å². The van der Waals surface area contributed by atoms with E-state index in [0.717, 1.165) is 5.75 Å². The zero-order valence-electron chi connectivity index (χ0n) is 10.7. The van der Waals surface area contributed by atoms with Gasteiger partial charge in [0.15, 0.2) is 0 Å². The van der Waals surface area contributed by atoms with E-state index in [-0.39, 0.29) is 11.4 Å². The minimum Gasteiger partial charge on any atom is -0.490 e. The van der Waals surface area contributed by atoms with Gasteiger partial charge in [-0.2, -0.15) is 0 Å². The van der Waals surface area contributed by atoms with Gasteiger partial charge < -0.3 is 15.2 Å². The van der Waals surface area contributed by atoms with E-state index >= 15 is 0 Å². The molecule has 0 unspecified atom stereocenters. The molecule has 0 aliphatic heterocycles. The summed E-state index contributed by atoms with van der Waals surface area (Å²) in [7, 11) is 0. The minimum absolute atomic E-state index is 0.0598. The number of para-hydroxylation sites is 1. The lowest BCUT2D eigenvalue weighted by atomic mass is 10.2. The van der Waals surface area contributed by atoms with Crippen LogP contribution in [0.15, 0.2) is 48.5 Å². The van der Waals surface area contributed by atoms with Crippen LogP contribution in [0.25, 0.3) is 0 Å². The van der Waals surface area contributed by atoms with Crippen LogP contribution in [0, 0.1) is 10.1 Å². The van der Waals surface area contributed by atoms with Gasteiger partial charge >= 0.3 is 0 Å². The zero-order valence-corrected chi connectivity index (χ0v) is 10.7. The van der Waals surface area contributed by atoms with Crippen LogP contribution in [0.3, 0.4) is 0 Å². The third-order valence-electron chi connectivity index (χ3n) is 2.56. The first kappa shape index (κ1) is 13.7. The molecule has 0 saturated carbocycles. The van der Waals surface area contributed by atoms with Crippen LogP contribution in [0.5, 0.6) is 11.5 Å². The van der Waals surface area contributed by atoms with Gasteiger partial charge in [0, 0.05) is 12.1 Å². The van der Waals surface area contributed by atoms with Gasteiger partial charge in [0.1, 0.15) is 24.7 Å². The van der Waals surface area contributed by atoms with E-state index in [1.807, 2.05) is 30.3 Å². The molecule has 2 aromatic carbocycles. The molecule has 0 fully saturated rings. The van der Waals surface area contributed by atoms with Crippen molar-refractivity contribution in [3.63, 3.8) is 0 Å². The van der Waals surface area contributed by atoms with Gasteiger partial charge in [0.25, 0.3) is 5.69 Å². The molecule has 0 heterocycles. The number of benzene rings is 2.